The molecule has 2 atom stereocenters. The number of nitrogens with one attached hydrogen (secondary N) is 1. The molecule has 8 nitrogen and oxygen atoms in total. The molecule has 2 N–H and O–H groups in total. The lowest BCUT2D eigenvalue weighted by atomic mass is 10.0. The minimum absolute atomic E-state index is 0.0932. The van der Waals surface area contributed by atoms with Gasteiger partial charge in [-0.3, -0.25) is 0 Å². The third-order valence-electron chi connectivity index (χ3n) is 4.48. The highest BCUT2D eigenvalue weighted by molar-refractivity contribution is 9.11. The number of carboxylic acid groups (broad SMARTS) is 1. The first-order chi connectivity index (χ1) is 12.8. The molecule has 2 rings (SSSR count). The van der Waals surface area contributed by atoms with Crippen molar-refractivity contribution < 1.29 is 18.3 Å². The molecule has 0 bridgehead atoms. The number of carbonyl (C=O) groups is 1. The Morgan fingerprint density at radius 3 is 2.61 bits per heavy atom. The molecule has 0 saturated carbocycles. The van der Waals surface area contributed by atoms with Crippen molar-refractivity contribution in [2.75, 3.05) is 13.1 Å². The molecular weight excluding hydrogens is 516 g/mol. The highest BCUT2D eigenvalue weighted by Gasteiger charge is 2.38. The number of hydrogen-bond acceptors (Lipinski definition) is 5. The van der Waals surface area contributed by atoms with Crippen molar-refractivity contribution in [1.82, 2.24) is 14.5 Å². The molecule has 1 aromatic carbocycles. The zero-order chi connectivity index (χ0) is 21.3. The summed E-state index contributed by atoms with van der Waals surface area (Å²) in [5.74, 6) is 0. The second-order valence-corrected chi connectivity index (χ2v) is 11.1. The zero-order valence-corrected chi connectivity index (χ0v) is 19.7. The molecular formula is C17H22Br2N4O4S. The van der Waals surface area contributed by atoms with Gasteiger partial charge in [0.05, 0.1) is 10.9 Å². The molecule has 1 fully saturated rings. The molecule has 28 heavy (non-hydrogen) atoms. The number of halogens is 2. The van der Waals surface area contributed by atoms with Crippen LogP contribution in [-0.2, 0) is 10.0 Å². The maximum atomic E-state index is 12.8. The molecule has 1 aliphatic rings. The van der Waals surface area contributed by atoms with E-state index in [1.165, 1.54) is 15.9 Å². The van der Waals surface area contributed by atoms with Crippen LogP contribution < -0.4 is 4.72 Å². The van der Waals surface area contributed by atoms with E-state index < -0.39 is 33.7 Å². The third kappa shape index (κ3) is 5.37. The van der Waals surface area contributed by atoms with Crippen LogP contribution in [0.25, 0.3) is 0 Å². The van der Waals surface area contributed by atoms with Crippen LogP contribution in [0.15, 0.2) is 32.0 Å². The van der Waals surface area contributed by atoms with Crippen LogP contribution >= 0.6 is 31.9 Å². The van der Waals surface area contributed by atoms with Gasteiger partial charge in [0.2, 0.25) is 10.0 Å². The first kappa shape index (κ1) is 22.9. The van der Waals surface area contributed by atoms with E-state index in [2.05, 4.69) is 36.6 Å². The maximum absolute atomic E-state index is 12.8. The molecule has 1 heterocycles. The van der Waals surface area contributed by atoms with Crippen molar-refractivity contribution in [2.24, 2.45) is 0 Å². The molecule has 0 spiro atoms. The standard InChI is InChI=1S/C17H22Br2N4O4S/c1-17(2,3)23(16(24)25)9-13-7-12(8-22(13)10-20)21-28(26,27)15-6-11(18)4-5-14(15)19/h4-6,12-13,21H,7-9H2,1-3H3,(H,24,25)/t12-,13-/m1/s1. The van der Waals surface area contributed by atoms with Crippen molar-refractivity contribution in [3.63, 3.8) is 0 Å². The Kier molecular flexibility index (Phi) is 7.02. The lowest BCUT2D eigenvalue weighted by molar-refractivity contribution is 0.0865. The van der Waals surface area contributed by atoms with Crippen LogP contribution in [0, 0.1) is 11.5 Å². The predicted octanol–water partition coefficient (Wildman–Crippen LogP) is 3.19. The Balaban J connectivity index is 2.18. The van der Waals surface area contributed by atoms with Gasteiger partial charge in [-0.2, -0.15) is 5.26 Å². The second-order valence-electron chi connectivity index (χ2n) is 7.60. The quantitative estimate of drug-likeness (QED) is 0.557. The number of likely N-dealkylation sites (tertiary alicyclic amines) is 1. The topological polar surface area (TPSA) is 114 Å². The number of benzene rings is 1. The van der Waals surface area contributed by atoms with Crippen LogP contribution in [0.3, 0.4) is 0 Å². The monoisotopic (exact) mass is 536 g/mol. The lowest BCUT2D eigenvalue weighted by Crippen LogP contribution is -2.50. The Hall–Kier alpha value is -1.35. The molecule has 1 amide bonds. The van der Waals surface area contributed by atoms with Crippen molar-refractivity contribution in [1.29, 1.82) is 5.26 Å². The fourth-order valence-corrected chi connectivity index (χ4v) is 5.86. The van der Waals surface area contributed by atoms with Gasteiger partial charge in [-0.05, 0) is 61.3 Å². The first-order valence-corrected chi connectivity index (χ1v) is 11.6. The van der Waals surface area contributed by atoms with Crippen molar-refractivity contribution in [3.8, 4) is 6.19 Å². The van der Waals surface area contributed by atoms with E-state index in [1.807, 2.05) is 6.19 Å². The molecule has 11 heteroatoms. The minimum Gasteiger partial charge on any atom is -0.465 e. The van der Waals surface area contributed by atoms with Crippen LogP contribution in [0.4, 0.5) is 4.79 Å². The van der Waals surface area contributed by atoms with Crippen LogP contribution in [0.1, 0.15) is 27.2 Å². The Labute approximate surface area is 181 Å². The van der Waals surface area contributed by atoms with E-state index in [1.54, 1.807) is 32.9 Å². The van der Waals surface area contributed by atoms with Gasteiger partial charge in [0.25, 0.3) is 0 Å². The van der Waals surface area contributed by atoms with Gasteiger partial charge in [-0.25, -0.2) is 17.9 Å². The lowest BCUT2D eigenvalue weighted by Gasteiger charge is -2.36. The summed E-state index contributed by atoms with van der Waals surface area (Å²) in [5.41, 5.74) is -0.633. The molecule has 1 aromatic rings. The Morgan fingerprint density at radius 1 is 1.43 bits per heavy atom. The first-order valence-electron chi connectivity index (χ1n) is 8.49. The summed E-state index contributed by atoms with van der Waals surface area (Å²) < 4.78 is 29.3. The number of amides is 1. The van der Waals surface area contributed by atoms with Crippen molar-refractivity contribution in [2.45, 2.75) is 49.7 Å². The zero-order valence-electron chi connectivity index (χ0n) is 15.7. The van der Waals surface area contributed by atoms with Crippen LogP contribution in [-0.4, -0.2) is 60.1 Å². The van der Waals surface area contributed by atoms with E-state index in [4.69, 9.17) is 0 Å². The fourth-order valence-electron chi connectivity index (χ4n) is 3.11. The molecule has 0 aromatic heterocycles. The van der Waals surface area contributed by atoms with E-state index in [0.717, 1.165) is 0 Å². The van der Waals surface area contributed by atoms with Gasteiger partial charge in [-0.1, -0.05) is 15.9 Å². The van der Waals surface area contributed by atoms with E-state index in [0.29, 0.717) is 15.4 Å². The predicted molar refractivity (Wildman–Crippen MR) is 111 cm³/mol. The van der Waals surface area contributed by atoms with Gasteiger partial charge in [-0.15, -0.1) is 0 Å². The SMILES string of the molecule is CC(C)(C)N(C[C@H]1C[C@@H](NS(=O)(=O)c2cc(Br)ccc2Br)CN1C#N)C(=O)O. The summed E-state index contributed by atoms with van der Waals surface area (Å²) >= 11 is 6.51. The summed E-state index contributed by atoms with van der Waals surface area (Å²) in [6.07, 6.45) is 1.30. The number of nitriles is 1. The maximum Gasteiger partial charge on any atom is 0.407 e. The van der Waals surface area contributed by atoms with Crippen molar-refractivity contribution >= 4 is 48.0 Å². The summed E-state index contributed by atoms with van der Waals surface area (Å²) in [7, 11) is -3.82. The summed E-state index contributed by atoms with van der Waals surface area (Å²) in [4.78, 5) is 14.4. The summed E-state index contributed by atoms with van der Waals surface area (Å²) in [6, 6.07) is 3.94. The van der Waals surface area contributed by atoms with Gasteiger partial charge in [0.15, 0.2) is 6.19 Å². The van der Waals surface area contributed by atoms with E-state index >= 15 is 0 Å². The average Bonchev–Trinajstić information content (AvgIpc) is 2.94. The van der Waals surface area contributed by atoms with E-state index in [-0.39, 0.29) is 18.0 Å². The summed E-state index contributed by atoms with van der Waals surface area (Å²) in [6.45, 7) is 5.63. The van der Waals surface area contributed by atoms with Gasteiger partial charge < -0.3 is 14.9 Å². The molecule has 0 unspecified atom stereocenters. The highest BCUT2D eigenvalue weighted by Crippen LogP contribution is 2.28. The highest BCUT2D eigenvalue weighted by atomic mass is 79.9. The Morgan fingerprint density at radius 2 is 2.07 bits per heavy atom. The molecule has 0 aliphatic carbocycles. The molecule has 1 saturated heterocycles. The largest absolute Gasteiger partial charge is 0.465 e. The number of nitrogens with zero attached hydrogens (tertiary/aromatic N) is 3. The van der Waals surface area contributed by atoms with Gasteiger partial charge in [0, 0.05) is 33.6 Å². The molecule has 0 radical (unpaired) electrons. The van der Waals surface area contributed by atoms with Crippen LogP contribution in [0.2, 0.25) is 0 Å². The van der Waals surface area contributed by atoms with E-state index in [9.17, 15) is 23.6 Å². The number of sulfonamides is 1. The fraction of sp³-hybridized carbons (Fsp3) is 0.529. The number of rotatable bonds is 5. The molecule has 154 valence electrons. The van der Waals surface area contributed by atoms with Gasteiger partial charge >= 0.3 is 6.09 Å². The molecule has 1 aliphatic heterocycles. The summed E-state index contributed by atoms with van der Waals surface area (Å²) in [5, 5.41) is 18.9. The minimum atomic E-state index is -3.82. The number of hydrogen-bond donors (Lipinski definition) is 2. The smallest absolute Gasteiger partial charge is 0.407 e. The second kappa shape index (κ2) is 8.57. The van der Waals surface area contributed by atoms with Gasteiger partial charge in [0.1, 0.15) is 0 Å². The third-order valence-corrected chi connectivity index (χ3v) is 7.49. The Bertz CT molecular complexity index is 895. The average molecular weight is 538 g/mol. The van der Waals surface area contributed by atoms with Crippen molar-refractivity contribution in [3.05, 3.63) is 27.1 Å². The van der Waals surface area contributed by atoms with Crippen LogP contribution in [0.5, 0.6) is 0 Å². The normalized spacial score (nSPS) is 20.1.